The van der Waals surface area contributed by atoms with Crippen LogP contribution in [0.4, 0.5) is 0 Å². The summed E-state index contributed by atoms with van der Waals surface area (Å²) in [4.78, 5) is 2.02. The van der Waals surface area contributed by atoms with Gasteiger partial charge in [0, 0.05) is 19.2 Å². The molecule has 0 amide bonds. The minimum absolute atomic E-state index is 0.0499. The van der Waals surface area contributed by atoms with E-state index in [4.69, 9.17) is 14.2 Å². The van der Waals surface area contributed by atoms with Gasteiger partial charge >= 0.3 is 0 Å². The van der Waals surface area contributed by atoms with E-state index in [1.807, 2.05) is 17.0 Å². The molecule has 110 valence electrons. The number of benzene rings is 1. The highest BCUT2D eigenvalue weighted by molar-refractivity contribution is 7.24. The van der Waals surface area contributed by atoms with Crippen LogP contribution in [-0.2, 0) is 20.6 Å². The van der Waals surface area contributed by atoms with Gasteiger partial charge in [0.1, 0.15) is 18.3 Å². The molecule has 1 heterocycles. The van der Waals surface area contributed by atoms with Crippen molar-refractivity contribution in [3.63, 3.8) is 0 Å². The molecule has 1 aliphatic rings. The molecule has 2 rings (SSSR count). The standard InChI is InChI=1S/C14H20NO4P/c1-11-3-4-13-12(7-11)8-15(10-19-13)14(20-16)9-18-6-5-17-2/h3-4,7,14H,5-6,8-10H2,1-2H3. The summed E-state index contributed by atoms with van der Waals surface area (Å²) in [6.07, 6.45) is 0. The molecule has 0 aromatic heterocycles. The number of rotatable bonds is 7. The third-order valence-electron chi connectivity index (χ3n) is 3.22. The molecule has 0 radical (unpaired) electrons. The lowest BCUT2D eigenvalue weighted by molar-refractivity contribution is 0.0194. The number of hydrogen-bond acceptors (Lipinski definition) is 5. The Morgan fingerprint density at radius 3 is 3.05 bits per heavy atom. The summed E-state index contributed by atoms with van der Waals surface area (Å²) >= 11 is 0. The minimum Gasteiger partial charge on any atom is -0.478 e. The van der Waals surface area contributed by atoms with E-state index in [1.165, 1.54) is 5.56 Å². The van der Waals surface area contributed by atoms with Crippen molar-refractivity contribution in [1.82, 2.24) is 4.90 Å². The summed E-state index contributed by atoms with van der Waals surface area (Å²) in [5.41, 5.74) is 2.32. The van der Waals surface area contributed by atoms with Crippen LogP contribution in [0.3, 0.4) is 0 Å². The van der Waals surface area contributed by atoms with Crippen LogP contribution in [0.2, 0.25) is 0 Å². The first-order valence-electron chi connectivity index (χ1n) is 6.60. The molecule has 20 heavy (non-hydrogen) atoms. The van der Waals surface area contributed by atoms with Crippen molar-refractivity contribution in [2.24, 2.45) is 0 Å². The third kappa shape index (κ3) is 4.00. The van der Waals surface area contributed by atoms with Gasteiger partial charge in [-0.25, -0.2) is 0 Å². The van der Waals surface area contributed by atoms with E-state index in [1.54, 1.807) is 7.11 Å². The van der Waals surface area contributed by atoms with Crippen LogP contribution in [0, 0.1) is 6.92 Å². The molecule has 1 aliphatic heterocycles. The van der Waals surface area contributed by atoms with Crippen LogP contribution in [0.15, 0.2) is 18.2 Å². The molecule has 1 aromatic rings. The summed E-state index contributed by atoms with van der Waals surface area (Å²) in [7, 11) is 1.68. The van der Waals surface area contributed by atoms with Gasteiger partial charge in [-0.1, -0.05) is 17.7 Å². The second kappa shape index (κ2) is 7.70. The van der Waals surface area contributed by atoms with Gasteiger partial charge in [-0.05, 0) is 13.0 Å². The second-order valence-electron chi connectivity index (χ2n) is 4.79. The maximum absolute atomic E-state index is 11.3. The van der Waals surface area contributed by atoms with E-state index >= 15 is 0 Å². The highest BCUT2D eigenvalue weighted by atomic mass is 31.1. The van der Waals surface area contributed by atoms with E-state index in [0.29, 0.717) is 26.6 Å². The molecule has 0 saturated carbocycles. The predicted octanol–water partition coefficient (Wildman–Crippen LogP) is 2.43. The Hall–Kier alpha value is -1.00. The second-order valence-corrected chi connectivity index (χ2v) is 5.59. The van der Waals surface area contributed by atoms with Crippen molar-refractivity contribution in [3.8, 4) is 5.75 Å². The SMILES string of the molecule is COCCOCC(P=O)N1COc2ccc(C)cc2C1. The summed E-state index contributed by atoms with van der Waals surface area (Å²) < 4.78 is 27.4. The Morgan fingerprint density at radius 1 is 1.45 bits per heavy atom. The molecule has 0 saturated heterocycles. The molecule has 5 nitrogen and oxygen atoms in total. The largest absolute Gasteiger partial charge is 0.478 e. The minimum atomic E-state index is -0.194. The maximum Gasteiger partial charge on any atom is 0.177 e. The fourth-order valence-corrected chi connectivity index (χ4v) is 2.56. The average molecular weight is 297 g/mol. The first-order valence-corrected chi connectivity index (χ1v) is 7.48. The highest BCUT2D eigenvalue weighted by Gasteiger charge is 2.25. The summed E-state index contributed by atoms with van der Waals surface area (Å²) in [5.74, 6) is 0.717. The molecule has 0 spiro atoms. The predicted molar refractivity (Wildman–Crippen MR) is 76.3 cm³/mol. The Labute approximate surface area is 121 Å². The van der Waals surface area contributed by atoms with Crippen molar-refractivity contribution < 1.29 is 18.8 Å². The Morgan fingerprint density at radius 2 is 2.30 bits per heavy atom. The van der Waals surface area contributed by atoms with Crippen LogP contribution in [0.5, 0.6) is 5.75 Å². The molecule has 1 aromatic carbocycles. The monoisotopic (exact) mass is 297 g/mol. The summed E-state index contributed by atoms with van der Waals surface area (Å²) in [6, 6.07) is 6.12. The lowest BCUT2D eigenvalue weighted by Crippen LogP contribution is -2.40. The summed E-state index contributed by atoms with van der Waals surface area (Å²) in [6.45, 7) is 4.66. The van der Waals surface area contributed by atoms with Gasteiger partial charge in [-0.15, -0.1) is 0 Å². The molecule has 0 N–H and O–H groups in total. The van der Waals surface area contributed by atoms with E-state index in [0.717, 1.165) is 17.9 Å². The molecule has 1 atom stereocenters. The molecular formula is C14H20NO4P. The van der Waals surface area contributed by atoms with Crippen molar-refractivity contribution in [2.45, 2.75) is 19.3 Å². The van der Waals surface area contributed by atoms with Gasteiger partial charge in [0.2, 0.25) is 0 Å². The summed E-state index contributed by atoms with van der Waals surface area (Å²) in [5, 5.41) is 0. The smallest absolute Gasteiger partial charge is 0.177 e. The highest BCUT2D eigenvalue weighted by Crippen LogP contribution is 2.28. The van der Waals surface area contributed by atoms with Gasteiger partial charge in [0.25, 0.3) is 0 Å². The fraction of sp³-hybridized carbons (Fsp3) is 0.571. The van der Waals surface area contributed by atoms with Crippen molar-refractivity contribution in [1.29, 1.82) is 0 Å². The van der Waals surface area contributed by atoms with Crippen molar-refractivity contribution in [2.75, 3.05) is 33.7 Å². The van der Waals surface area contributed by atoms with Crippen LogP contribution in [0.1, 0.15) is 11.1 Å². The van der Waals surface area contributed by atoms with E-state index in [-0.39, 0.29) is 14.2 Å². The third-order valence-corrected chi connectivity index (χ3v) is 3.94. The zero-order valence-corrected chi connectivity index (χ0v) is 12.8. The number of methoxy groups -OCH3 is 1. The molecule has 0 fully saturated rings. The molecular weight excluding hydrogens is 277 g/mol. The zero-order chi connectivity index (χ0) is 14.4. The van der Waals surface area contributed by atoms with E-state index < -0.39 is 0 Å². The molecule has 0 aliphatic carbocycles. The normalized spacial score (nSPS) is 16.7. The maximum atomic E-state index is 11.3. The van der Waals surface area contributed by atoms with Crippen LogP contribution in [-0.4, -0.2) is 44.3 Å². The van der Waals surface area contributed by atoms with Gasteiger partial charge in [0.15, 0.2) is 8.46 Å². The van der Waals surface area contributed by atoms with Crippen LogP contribution < -0.4 is 4.74 Å². The first-order chi connectivity index (χ1) is 9.74. The average Bonchev–Trinajstić information content (AvgIpc) is 2.46. The molecule has 1 unspecified atom stereocenters. The Kier molecular flexibility index (Phi) is 5.92. The molecule has 0 bridgehead atoms. The topological polar surface area (TPSA) is 48.0 Å². The lowest BCUT2D eigenvalue weighted by Gasteiger charge is -2.32. The number of nitrogens with zero attached hydrogens (tertiary/aromatic N) is 1. The number of ether oxygens (including phenoxy) is 3. The van der Waals surface area contributed by atoms with Crippen molar-refractivity contribution in [3.05, 3.63) is 29.3 Å². The van der Waals surface area contributed by atoms with Crippen LogP contribution >= 0.6 is 8.46 Å². The first kappa shape index (κ1) is 15.4. The molecule has 6 heteroatoms. The van der Waals surface area contributed by atoms with Gasteiger partial charge in [-0.2, -0.15) is 0 Å². The number of hydrogen-bond donors (Lipinski definition) is 0. The Bertz CT molecular complexity index is 455. The van der Waals surface area contributed by atoms with Gasteiger partial charge in [0.05, 0.1) is 19.8 Å². The zero-order valence-electron chi connectivity index (χ0n) is 11.9. The van der Waals surface area contributed by atoms with Gasteiger partial charge in [-0.3, -0.25) is 9.46 Å². The van der Waals surface area contributed by atoms with Crippen molar-refractivity contribution >= 4 is 8.46 Å². The number of aryl methyl sites for hydroxylation is 1. The fourth-order valence-electron chi connectivity index (χ4n) is 2.11. The van der Waals surface area contributed by atoms with Gasteiger partial charge < -0.3 is 14.2 Å². The van der Waals surface area contributed by atoms with E-state index in [9.17, 15) is 4.57 Å². The lowest BCUT2D eigenvalue weighted by atomic mass is 10.1. The Balaban J connectivity index is 1.93. The van der Waals surface area contributed by atoms with Crippen LogP contribution in [0.25, 0.3) is 0 Å². The number of fused-ring (bicyclic) bond motifs is 1. The quantitative estimate of drug-likeness (QED) is 0.571. The van der Waals surface area contributed by atoms with E-state index in [2.05, 4.69) is 13.0 Å².